The van der Waals surface area contributed by atoms with Gasteiger partial charge in [0.2, 0.25) is 0 Å². The van der Waals surface area contributed by atoms with Crippen molar-refractivity contribution in [1.82, 2.24) is 0 Å². The summed E-state index contributed by atoms with van der Waals surface area (Å²) in [6, 6.07) is 27.7. The van der Waals surface area contributed by atoms with Gasteiger partial charge in [0.25, 0.3) is 0 Å². The van der Waals surface area contributed by atoms with Crippen molar-refractivity contribution in [2.75, 3.05) is 0 Å². The summed E-state index contributed by atoms with van der Waals surface area (Å²) >= 11 is 0. The van der Waals surface area contributed by atoms with Crippen LogP contribution in [-0.4, -0.2) is 12.5 Å². The number of hydrogen-bond donors (Lipinski definition) is 1. The monoisotopic (exact) mass is 388 g/mol. The van der Waals surface area contributed by atoms with Crippen molar-refractivity contribution in [1.29, 1.82) is 0 Å². The molecule has 0 amide bonds. The van der Waals surface area contributed by atoms with Gasteiger partial charge in [-0.05, 0) is 51.6 Å². The van der Waals surface area contributed by atoms with Gasteiger partial charge >= 0.3 is 7.48 Å². The topological polar surface area (TPSA) is 33.4 Å². The average Bonchev–Trinajstić information content (AvgIpc) is 3.26. The van der Waals surface area contributed by atoms with Crippen LogP contribution in [0.5, 0.6) is 0 Å². The molecule has 5 aromatic rings. The van der Waals surface area contributed by atoms with Gasteiger partial charge in [0.05, 0.1) is 0 Å². The molecule has 0 fully saturated rings. The fraction of sp³-hybridized carbons (Fsp3) is 0.111. The largest absolute Gasteiger partial charge is 0.456 e. The summed E-state index contributed by atoms with van der Waals surface area (Å²) in [5, 5.41) is 11.9. The quantitative estimate of drug-likeness (QED) is 0.404. The van der Waals surface area contributed by atoms with Crippen molar-refractivity contribution in [2.45, 2.75) is 19.3 Å². The molecule has 0 bridgehead atoms. The molecule has 0 aliphatic heterocycles. The summed E-state index contributed by atoms with van der Waals surface area (Å²) in [7, 11) is 0.0700. The molecule has 2 nitrogen and oxygen atoms in total. The van der Waals surface area contributed by atoms with E-state index in [2.05, 4.69) is 68.4 Å². The Hall–Kier alpha value is -3.30. The molecule has 3 heteroatoms. The first kappa shape index (κ1) is 17.6. The molecule has 0 saturated carbocycles. The molecule has 0 spiro atoms. The minimum Gasteiger partial charge on any atom is -0.456 e. The first-order valence-electron chi connectivity index (χ1n) is 10.4. The minimum atomic E-state index is -0.113. The zero-order valence-corrected chi connectivity index (χ0v) is 17.1. The lowest BCUT2D eigenvalue weighted by molar-refractivity contribution is 0.615. The number of fused-ring (bicyclic) bond motifs is 6. The standard InChI is InChI=1S/C27H21BO2/c1-27(2)22-14-16(10-12-19(22)20-13-11-17(28-29)15-23(20)27)18-7-5-9-25-26(18)21-6-3-4-8-24(21)30-25/h3-15,28-29H,1-2H3. The van der Waals surface area contributed by atoms with E-state index < -0.39 is 0 Å². The van der Waals surface area contributed by atoms with E-state index in [0.717, 1.165) is 22.0 Å². The lowest BCUT2D eigenvalue weighted by Gasteiger charge is -2.22. The van der Waals surface area contributed by atoms with Gasteiger partial charge in [-0.1, -0.05) is 80.0 Å². The van der Waals surface area contributed by atoms with Crippen molar-refractivity contribution in [2.24, 2.45) is 0 Å². The Morgan fingerprint density at radius 2 is 1.47 bits per heavy atom. The second kappa shape index (κ2) is 6.10. The van der Waals surface area contributed by atoms with Crippen LogP contribution in [0.15, 0.2) is 83.3 Å². The molecular weight excluding hydrogens is 367 g/mol. The lowest BCUT2D eigenvalue weighted by atomic mass is 9.78. The van der Waals surface area contributed by atoms with Gasteiger partial charge < -0.3 is 9.44 Å². The fourth-order valence-electron chi connectivity index (χ4n) is 5.07. The van der Waals surface area contributed by atoms with Crippen molar-refractivity contribution in [3.05, 3.63) is 90.0 Å². The fourth-order valence-corrected chi connectivity index (χ4v) is 5.07. The summed E-state index contributed by atoms with van der Waals surface area (Å²) in [5.74, 6) is 0. The molecule has 1 N–H and O–H groups in total. The van der Waals surface area contributed by atoms with Gasteiger partial charge in [0.1, 0.15) is 11.2 Å². The highest BCUT2D eigenvalue weighted by atomic mass is 16.3. The molecule has 6 rings (SSSR count). The third-order valence-corrected chi connectivity index (χ3v) is 6.64. The van der Waals surface area contributed by atoms with E-state index in [1.165, 1.54) is 38.8 Å². The number of benzene rings is 4. The Morgan fingerprint density at radius 1 is 0.733 bits per heavy atom. The van der Waals surface area contributed by atoms with Crippen LogP contribution in [0.4, 0.5) is 0 Å². The van der Waals surface area contributed by atoms with E-state index in [1.54, 1.807) is 0 Å². The van der Waals surface area contributed by atoms with E-state index in [-0.39, 0.29) is 12.9 Å². The van der Waals surface area contributed by atoms with Gasteiger partial charge in [-0.15, -0.1) is 0 Å². The van der Waals surface area contributed by atoms with E-state index in [1.807, 2.05) is 24.3 Å². The maximum Gasteiger partial charge on any atom is 0.304 e. The normalized spacial score (nSPS) is 14.1. The Morgan fingerprint density at radius 3 is 2.30 bits per heavy atom. The Bertz CT molecular complexity index is 1460. The van der Waals surface area contributed by atoms with Crippen molar-refractivity contribution < 1.29 is 9.44 Å². The molecule has 144 valence electrons. The van der Waals surface area contributed by atoms with Crippen molar-refractivity contribution in [3.63, 3.8) is 0 Å². The first-order chi connectivity index (χ1) is 14.6. The molecule has 0 saturated heterocycles. The molecule has 0 unspecified atom stereocenters. The predicted octanol–water partition coefficient (Wildman–Crippen LogP) is 5.53. The molecule has 1 aromatic heterocycles. The minimum absolute atomic E-state index is 0.0700. The van der Waals surface area contributed by atoms with Crippen LogP contribution in [-0.2, 0) is 5.41 Å². The van der Waals surface area contributed by atoms with E-state index in [9.17, 15) is 5.02 Å². The molecule has 1 aliphatic rings. The Labute approximate surface area is 176 Å². The lowest BCUT2D eigenvalue weighted by Crippen LogP contribution is -2.20. The number of rotatable bonds is 2. The molecule has 1 aliphatic carbocycles. The zero-order valence-electron chi connectivity index (χ0n) is 17.1. The van der Waals surface area contributed by atoms with Crippen molar-refractivity contribution in [3.8, 4) is 22.3 Å². The molecular formula is C27H21BO2. The molecule has 30 heavy (non-hydrogen) atoms. The van der Waals surface area contributed by atoms with Crippen LogP contribution in [0.2, 0.25) is 0 Å². The number of furan rings is 1. The highest BCUT2D eigenvalue weighted by molar-refractivity contribution is 6.45. The van der Waals surface area contributed by atoms with Crippen molar-refractivity contribution >= 4 is 34.9 Å². The van der Waals surface area contributed by atoms with Gasteiger partial charge in [0, 0.05) is 16.2 Å². The summed E-state index contributed by atoms with van der Waals surface area (Å²) in [6.45, 7) is 4.55. The highest BCUT2D eigenvalue weighted by Gasteiger charge is 2.35. The molecule has 1 heterocycles. The van der Waals surface area contributed by atoms with E-state index >= 15 is 0 Å². The van der Waals surface area contributed by atoms with Crippen LogP contribution >= 0.6 is 0 Å². The highest BCUT2D eigenvalue weighted by Crippen LogP contribution is 2.49. The van der Waals surface area contributed by atoms with E-state index in [0.29, 0.717) is 0 Å². The zero-order chi connectivity index (χ0) is 20.5. The second-order valence-electron chi connectivity index (χ2n) is 8.70. The summed E-state index contributed by atoms with van der Waals surface area (Å²) in [4.78, 5) is 0. The Kier molecular flexibility index (Phi) is 3.57. The summed E-state index contributed by atoms with van der Waals surface area (Å²) in [5.41, 5.74) is 10.3. The predicted molar refractivity (Wildman–Crippen MR) is 126 cm³/mol. The maximum atomic E-state index is 9.61. The van der Waals surface area contributed by atoms with Gasteiger partial charge in [0.15, 0.2) is 0 Å². The Balaban J connectivity index is 1.59. The number of para-hydroxylation sites is 1. The van der Waals surface area contributed by atoms with Gasteiger partial charge in [-0.2, -0.15) is 0 Å². The van der Waals surface area contributed by atoms with Crippen LogP contribution in [0.3, 0.4) is 0 Å². The molecule has 4 aromatic carbocycles. The average molecular weight is 388 g/mol. The smallest absolute Gasteiger partial charge is 0.304 e. The SMILES string of the molecule is CC1(C)c2cc(BO)ccc2-c2ccc(-c3cccc4oc5ccccc5c34)cc21. The molecule has 0 radical (unpaired) electrons. The summed E-state index contributed by atoms with van der Waals surface area (Å²) in [6.07, 6.45) is 0. The van der Waals surface area contributed by atoms with Crippen LogP contribution < -0.4 is 5.46 Å². The van der Waals surface area contributed by atoms with E-state index in [4.69, 9.17) is 4.42 Å². The van der Waals surface area contributed by atoms with Crippen LogP contribution in [0, 0.1) is 0 Å². The first-order valence-corrected chi connectivity index (χ1v) is 10.4. The maximum absolute atomic E-state index is 9.61. The van der Waals surface area contributed by atoms with Gasteiger partial charge in [-0.25, -0.2) is 0 Å². The summed E-state index contributed by atoms with van der Waals surface area (Å²) < 4.78 is 6.10. The third-order valence-electron chi connectivity index (χ3n) is 6.64. The second-order valence-corrected chi connectivity index (χ2v) is 8.70. The molecule has 0 atom stereocenters. The van der Waals surface area contributed by atoms with Gasteiger partial charge in [-0.3, -0.25) is 0 Å². The third kappa shape index (κ3) is 2.30. The van der Waals surface area contributed by atoms with Crippen LogP contribution in [0.25, 0.3) is 44.2 Å². The number of hydrogen-bond acceptors (Lipinski definition) is 2. The van der Waals surface area contributed by atoms with Crippen LogP contribution in [0.1, 0.15) is 25.0 Å².